The van der Waals surface area contributed by atoms with Crippen molar-refractivity contribution >= 4 is 5.91 Å². The first-order valence-electron chi connectivity index (χ1n) is 7.99. The Hall–Kier alpha value is -2.54. The first-order valence-corrected chi connectivity index (χ1v) is 7.99. The van der Waals surface area contributed by atoms with Gasteiger partial charge in [-0.25, -0.2) is 4.39 Å². The van der Waals surface area contributed by atoms with Crippen molar-refractivity contribution in [1.82, 2.24) is 20.4 Å². The van der Waals surface area contributed by atoms with Gasteiger partial charge in [0.1, 0.15) is 11.5 Å². The zero-order chi connectivity index (χ0) is 16.9. The summed E-state index contributed by atoms with van der Waals surface area (Å²) in [6.07, 6.45) is 2.04. The van der Waals surface area contributed by atoms with Gasteiger partial charge < -0.3 is 10.6 Å². The minimum atomic E-state index is -0.401. The molecule has 1 saturated heterocycles. The number of hydrogen-bond acceptors (Lipinski definition) is 4. The smallest absolute Gasteiger partial charge is 0.271 e. The fraction of sp³-hybridized carbons (Fsp3) is 0.353. The number of hydrogen-bond donors (Lipinski definition) is 2. The molecule has 1 amide bonds. The molecule has 1 aliphatic heterocycles. The van der Waals surface area contributed by atoms with Gasteiger partial charge in [0.05, 0.1) is 5.69 Å². The molecule has 1 fully saturated rings. The molecule has 126 valence electrons. The second-order valence-corrected chi connectivity index (χ2v) is 5.85. The number of rotatable bonds is 5. The van der Waals surface area contributed by atoms with Gasteiger partial charge in [-0.15, -0.1) is 0 Å². The highest BCUT2D eigenvalue weighted by Crippen LogP contribution is 2.11. The summed E-state index contributed by atoms with van der Waals surface area (Å²) in [4.78, 5) is 24.1. The van der Waals surface area contributed by atoms with E-state index >= 15 is 0 Å². The highest BCUT2D eigenvalue weighted by molar-refractivity contribution is 5.92. The Morgan fingerprint density at radius 3 is 2.79 bits per heavy atom. The molecule has 0 radical (unpaired) electrons. The van der Waals surface area contributed by atoms with E-state index in [0.29, 0.717) is 18.2 Å². The Morgan fingerprint density at radius 1 is 1.29 bits per heavy atom. The maximum Gasteiger partial charge on any atom is 0.271 e. The lowest BCUT2D eigenvalue weighted by Gasteiger charge is -2.10. The minimum absolute atomic E-state index is 0.156. The van der Waals surface area contributed by atoms with Crippen molar-refractivity contribution in [2.45, 2.75) is 12.8 Å². The molecule has 2 aromatic rings. The van der Waals surface area contributed by atoms with Crippen molar-refractivity contribution in [1.29, 1.82) is 0 Å². The minimum Gasteiger partial charge on any atom is -0.351 e. The number of nitrogens with zero attached hydrogens (tertiary/aromatic N) is 2. The zero-order valence-corrected chi connectivity index (χ0v) is 13.2. The molecule has 1 atom stereocenters. The normalized spacial score (nSPS) is 17.0. The van der Waals surface area contributed by atoms with Gasteiger partial charge in [0, 0.05) is 12.6 Å². The monoisotopic (exact) mass is 330 g/mol. The van der Waals surface area contributed by atoms with Crippen LogP contribution in [0.5, 0.6) is 0 Å². The van der Waals surface area contributed by atoms with E-state index in [1.807, 2.05) is 0 Å². The van der Waals surface area contributed by atoms with Gasteiger partial charge in [0.25, 0.3) is 11.5 Å². The maximum atomic E-state index is 13.0. The molecular weight excluding hydrogens is 311 g/mol. The molecule has 0 saturated carbocycles. The number of amides is 1. The van der Waals surface area contributed by atoms with Crippen LogP contribution >= 0.6 is 0 Å². The van der Waals surface area contributed by atoms with Gasteiger partial charge in [-0.3, -0.25) is 9.59 Å². The van der Waals surface area contributed by atoms with Gasteiger partial charge >= 0.3 is 0 Å². The third-order valence-corrected chi connectivity index (χ3v) is 4.10. The molecule has 2 heterocycles. The molecule has 1 aromatic carbocycles. The van der Waals surface area contributed by atoms with Crippen molar-refractivity contribution in [2.75, 3.05) is 19.6 Å². The summed E-state index contributed by atoms with van der Waals surface area (Å²) in [5.74, 6) is -0.134. The lowest BCUT2D eigenvalue weighted by Crippen LogP contribution is -2.30. The molecule has 6 nitrogen and oxygen atoms in total. The number of halogens is 1. The summed E-state index contributed by atoms with van der Waals surface area (Å²) in [5, 5.41) is 10.2. The molecule has 7 heteroatoms. The van der Waals surface area contributed by atoms with Crippen molar-refractivity contribution < 1.29 is 9.18 Å². The highest BCUT2D eigenvalue weighted by atomic mass is 19.1. The largest absolute Gasteiger partial charge is 0.351 e. The van der Waals surface area contributed by atoms with Crippen LogP contribution in [-0.2, 0) is 0 Å². The van der Waals surface area contributed by atoms with Crippen molar-refractivity contribution in [3.63, 3.8) is 0 Å². The number of benzene rings is 1. The van der Waals surface area contributed by atoms with E-state index in [9.17, 15) is 14.0 Å². The number of carbonyl (C=O) groups excluding carboxylic acids is 1. The second kappa shape index (κ2) is 7.35. The van der Waals surface area contributed by atoms with Gasteiger partial charge in [0.2, 0.25) is 0 Å². The van der Waals surface area contributed by atoms with Crippen LogP contribution in [0.1, 0.15) is 23.3 Å². The van der Waals surface area contributed by atoms with Crippen LogP contribution in [0.2, 0.25) is 0 Å². The van der Waals surface area contributed by atoms with Crippen molar-refractivity contribution in [3.8, 4) is 5.69 Å². The quantitative estimate of drug-likeness (QED) is 0.861. The van der Waals surface area contributed by atoms with Gasteiger partial charge in [-0.2, -0.15) is 9.78 Å². The number of carbonyl (C=O) groups is 1. The van der Waals surface area contributed by atoms with Crippen LogP contribution < -0.4 is 16.2 Å². The summed E-state index contributed by atoms with van der Waals surface area (Å²) in [6, 6.07) is 8.05. The zero-order valence-electron chi connectivity index (χ0n) is 13.2. The fourth-order valence-electron chi connectivity index (χ4n) is 2.74. The fourth-order valence-corrected chi connectivity index (χ4v) is 2.74. The van der Waals surface area contributed by atoms with E-state index in [0.717, 1.165) is 30.6 Å². The van der Waals surface area contributed by atoms with Crippen LogP contribution in [0.3, 0.4) is 0 Å². The SMILES string of the molecule is O=C(NCCC1CCNC1)c1ccc(=O)n(-c2ccc(F)cc2)n1. The Balaban J connectivity index is 1.69. The summed E-state index contributed by atoms with van der Waals surface area (Å²) >= 11 is 0. The van der Waals surface area contributed by atoms with Gasteiger partial charge in [-0.1, -0.05) is 0 Å². The highest BCUT2D eigenvalue weighted by Gasteiger charge is 2.15. The van der Waals surface area contributed by atoms with Crippen LogP contribution in [0, 0.1) is 11.7 Å². The summed E-state index contributed by atoms with van der Waals surface area (Å²) < 4.78 is 14.1. The topological polar surface area (TPSA) is 76.0 Å². The lowest BCUT2D eigenvalue weighted by atomic mass is 10.1. The van der Waals surface area contributed by atoms with E-state index in [1.165, 1.54) is 36.4 Å². The third kappa shape index (κ3) is 3.86. The van der Waals surface area contributed by atoms with Crippen LogP contribution in [0.25, 0.3) is 5.69 Å². The summed E-state index contributed by atoms with van der Waals surface area (Å²) in [6.45, 7) is 2.59. The third-order valence-electron chi connectivity index (χ3n) is 4.10. The lowest BCUT2D eigenvalue weighted by molar-refractivity contribution is 0.0945. The molecule has 1 aromatic heterocycles. The van der Waals surface area contributed by atoms with E-state index in [-0.39, 0.29) is 17.2 Å². The second-order valence-electron chi connectivity index (χ2n) is 5.85. The first kappa shape index (κ1) is 16.3. The van der Waals surface area contributed by atoms with E-state index in [1.54, 1.807) is 0 Å². The molecule has 0 spiro atoms. The maximum absolute atomic E-state index is 13.0. The Morgan fingerprint density at radius 2 is 2.08 bits per heavy atom. The molecular formula is C17H19FN4O2. The summed E-state index contributed by atoms with van der Waals surface area (Å²) in [5.41, 5.74) is 0.187. The summed E-state index contributed by atoms with van der Waals surface area (Å²) in [7, 11) is 0. The predicted molar refractivity (Wildman–Crippen MR) is 87.7 cm³/mol. The van der Waals surface area contributed by atoms with Crippen molar-refractivity contribution in [3.05, 3.63) is 58.3 Å². The molecule has 1 aliphatic rings. The Labute approximate surface area is 138 Å². The predicted octanol–water partition coefficient (Wildman–Crippen LogP) is 1.10. The standard InChI is InChI=1S/C17H19FN4O2/c18-13-1-3-14(4-2-13)22-16(23)6-5-15(21-22)17(24)20-10-8-12-7-9-19-11-12/h1-6,12,19H,7-11H2,(H,20,24). The number of aromatic nitrogens is 2. The molecule has 24 heavy (non-hydrogen) atoms. The molecule has 3 rings (SSSR count). The number of nitrogens with one attached hydrogen (secondary N) is 2. The first-order chi connectivity index (χ1) is 11.6. The molecule has 0 aliphatic carbocycles. The van der Waals surface area contributed by atoms with Crippen LogP contribution in [0.15, 0.2) is 41.2 Å². The average Bonchev–Trinajstić information content (AvgIpc) is 3.09. The van der Waals surface area contributed by atoms with E-state index in [4.69, 9.17) is 0 Å². The molecule has 1 unspecified atom stereocenters. The van der Waals surface area contributed by atoms with Crippen molar-refractivity contribution in [2.24, 2.45) is 5.92 Å². The van der Waals surface area contributed by atoms with E-state index < -0.39 is 5.82 Å². The molecule has 0 bridgehead atoms. The van der Waals surface area contributed by atoms with Gasteiger partial charge in [0.15, 0.2) is 0 Å². The van der Waals surface area contributed by atoms with Crippen LogP contribution in [-0.4, -0.2) is 35.3 Å². The van der Waals surface area contributed by atoms with E-state index in [2.05, 4.69) is 15.7 Å². The van der Waals surface area contributed by atoms with Crippen LogP contribution in [0.4, 0.5) is 4.39 Å². The average molecular weight is 330 g/mol. The molecule has 2 N–H and O–H groups in total. The Bertz CT molecular complexity index is 767. The van der Waals surface area contributed by atoms with Gasteiger partial charge in [-0.05, 0) is 62.2 Å². The Kier molecular flexibility index (Phi) is 5.00.